The van der Waals surface area contributed by atoms with Crippen molar-refractivity contribution in [2.45, 2.75) is 38.1 Å². The first-order valence-corrected chi connectivity index (χ1v) is 5.86. The van der Waals surface area contributed by atoms with E-state index in [0.29, 0.717) is 11.9 Å². The van der Waals surface area contributed by atoms with Crippen LogP contribution in [0.5, 0.6) is 0 Å². The Hall–Kier alpha value is -1.42. The van der Waals surface area contributed by atoms with Gasteiger partial charge in [-0.05, 0) is 25.0 Å². The fourth-order valence-corrected chi connectivity index (χ4v) is 2.07. The van der Waals surface area contributed by atoms with Crippen LogP contribution in [0.1, 0.15) is 37.8 Å². The van der Waals surface area contributed by atoms with E-state index in [1.54, 1.807) is 6.20 Å². The van der Waals surface area contributed by atoms with E-state index in [1.165, 1.54) is 19.3 Å². The van der Waals surface area contributed by atoms with Crippen LogP contribution in [0, 0.1) is 0 Å². The zero-order chi connectivity index (χ0) is 11.2. The number of aliphatic imine (C=N–C) groups is 1. The molecule has 0 unspecified atom stereocenters. The van der Waals surface area contributed by atoms with Gasteiger partial charge in [0, 0.05) is 6.20 Å². The van der Waals surface area contributed by atoms with Crippen LogP contribution in [-0.4, -0.2) is 16.9 Å². The summed E-state index contributed by atoms with van der Waals surface area (Å²) >= 11 is 0. The van der Waals surface area contributed by atoms with Gasteiger partial charge >= 0.3 is 0 Å². The molecule has 0 saturated heterocycles. The lowest BCUT2D eigenvalue weighted by Gasteiger charge is -2.18. The fourth-order valence-electron chi connectivity index (χ4n) is 2.07. The normalized spacial score (nSPS) is 18.4. The van der Waals surface area contributed by atoms with Crippen LogP contribution in [0.15, 0.2) is 29.4 Å². The van der Waals surface area contributed by atoms with Crippen molar-refractivity contribution in [3.8, 4) is 0 Å². The topological polar surface area (TPSA) is 63.3 Å². The summed E-state index contributed by atoms with van der Waals surface area (Å²) in [6.07, 6.45) is 7.96. The average Bonchev–Trinajstić information content (AvgIpc) is 2.38. The van der Waals surface area contributed by atoms with Gasteiger partial charge in [0.1, 0.15) is 5.69 Å². The molecule has 0 aliphatic heterocycles. The average molecular weight is 218 g/mol. The molecule has 1 aromatic rings. The highest BCUT2D eigenvalue weighted by atomic mass is 15.3. The van der Waals surface area contributed by atoms with Gasteiger partial charge in [-0.25, -0.2) is 5.84 Å². The number of aromatic nitrogens is 1. The number of hydrogen-bond donors (Lipinski definition) is 2. The molecule has 0 bridgehead atoms. The third kappa shape index (κ3) is 2.79. The molecule has 16 heavy (non-hydrogen) atoms. The molecule has 1 heterocycles. The predicted molar refractivity (Wildman–Crippen MR) is 65.0 cm³/mol. The standard InChI is InChI=1S/C12H18N4/c13-16-12(11-8-4-5-9-14-11)15-10-6-2-1-3-7-10/h4-5,8-10H,1-3,6-7,13H2,(H,15,16). The Morgan fingerprint density at radius 3 is 2.75 bits per heavy atom. The Morgan fingerprint density at radius 1 is 1.31 bits per heavy atom. The third-order valence-corrected chi connectivity index (χ3v) is 2.93. The van der Waals surface area contributed by atoms with Crippen LogP contribution in [0.25, 0.3) is 0 Å². The summed E-state index contributed by atoms with van der Waals surface area (Å²) in [5.41, 5.74) is 3.47. The molecular formula is C12H18N4. The Kier molecular flexibility index (Phi) is 3.88. The molecule has 4 nitrogen and oxygen atoms in total. The van der Waals surface area contributed by atoms with Gasteiger partial charge in [-0.3, -0.25) is 9.98 Å². The Balaban J connectivity index is 2.12. The maximum atomic E-state index is 5.50. The summed E-state index contributed by atoms with van der Waals surface area (Å²) in [4.78, 5) is 8.88. The highest BCUT2D eigenvalue weighted by Gasteiger charge is 2.13. The molecule has 0 amide bonds. The van der Waals surface area contributed by atoms with Crippen molar-refractivity contribution in [3.05, 3.63) is 30.1 Å². The molecule has 1 saturated carbocycles. The number of pyridine rings is 1. The second-order valence-corrected chi connectivity index (χ2v) is 4.13. The molecule has 1 fully saturated rings. The molecule has 86 valence electrons. The van der Waals surface area contributed by atoms with Crippen molar-refractivity contribution in [1.29, 1.82) is 0 Å². The van der Waals surface area contributed by atoms with Crippen LogP contribution in [0.3, 0.4) is 0 Å². The van der Waals surface area contributed by atoms with Gasteiger partial charge in [-0.1, -0.05) is 25.3 Å². The Labute approximate surface area is 96.0 Å². The molecule has 1 aliphatic rings. The first-order valence-electron chi connectivity index (χ1n) is 5.86. The summed E-state index contributed by atoms with van der Waals surface area (Å²) in [5, 5.41) is 0. The number of rotatable bonds is 2. The smallest absolute Gasteiger partial charge is 0.161 e. The zero-order valence-corrected chi connectivity index (χ0v) is 9.39. The van der Waals surface area contributed by atoms with Crippen molar-refractivity contribution in [2.75, 3.05) is 0 Å². The Morgan fingerprint density at radius 2 is 2.12 bits per heavy atom. The van der Waals surface area contributed by atoms with Gasteiger partial charge in [0.15, 0.2) is 5.84 Å². The van der Waals surface area contributed by atoms with Crippen molar-refractivity contribution in [2.24, 2.45) is 10.8 Å². The second-order valence-electron chi connectivity index (χ2n) is 4.13. The van der Waals surface area contributed by atoms with Crippen LogP contribution >= 0.6 is 0 Å². The highest BCUT2D eigenvalue weighted by Crippen LogP contribution is 2.20. The lowest BCUT2D eigenvalue weighted by Crippen LogP contribution is -2.33. The second kappa shape index (κ2) is 5.61. The zero-order valence-electron chi connectivity index (χ0n) is 9.39. The molecule has 0 atom stereocenters. The van der Waals surface area contributed by atoms with Gasteiger partial charge in [-0.2, -0.15) is 0 Å². The number of hydrazine groups is 1. The van der Waals surface area contributed by atoms with Crippen LogP contribution in [0.2, 0.25) is 0 Å². The molecule has 0 radical (unpaired) electrons. The summed E-state index contributed by atoms with van der Waals surface area (Å²) in [5.74, 6) is 6.20. The minimum atomic E-state index is 0.404. The minimum absolute atomic E-state index is 0.404. The molecule has 1 aromatic heterocycles. The lowest BCUT2D eigenvalue weighted by molar-refractivity contribution is 0.442. The van der Waals surface area contributed by atoms with E-state index in [4.69, 9.17) is 5.84 Å². The maximum absolute atomic E-state index is 5.50. The third-order valence-electron chi connectivity index (χ3n) is 2.93. The molecule has 3 N–H and O–H groups in total. The quantitative estimate of drug-likeness (QED) is 0.343. The largest absolute Gasteiger partial charge is 0.307 e. The van der Waals surface area contributed by atoms with Gasteiger partial charge in [0.2, 0.25) is 0 Å². The SMILES string of the molecule is NNC(=NC1CCCCC1)c1ccccn1. The van der Waals surface area contributed by atoms with Crippen molar-refractivity contribution < 1.29 is 0 Å². The van der Waals surface area contributed by atoms with Crippen molar-refractivity contribution in [3.63, 3.8) is 0 Å². The van der Waals surface area contributed by atoms with E-state index in [-0.39, 0.29) is 0 Å². The lowest BCUT2D eigenvalue weighted by atomic mass is 9.96. The van der Waals surface area contributed by atoms with Gasteiger partial charge in [0.05, 0.1) is 6.04 Å². The fraction of sp³-hybridized carbons (Fsp3) is 0.500. The summed E-state index contributed by atoms with van der Waals surface area (Å²) in [7, 11) is 0. The van der Waals surface area contributed by atoms with Crippen LogP contribution in [-0.2, 0) is 0 Å². The number of nitrogens with one attached hydrogen (secondary N) is 1. The van der Waals surface area contributed by atoms with E-state index in [9.17, 15) is 0 Å². The number of nitrogens with zero attached hydrogens (tertiary/aromatic N) is 2. The van der Waals surface area contributed by atoms with Gasteiger partial charge < -0.3 is 5.43 Å². The summed E-state index contributed by atoms with van der Waals surface area (Å²) < 4.78 is 0. The van der Waals surface area contributed by atoms with E-state index in [2.05, 4.69) is 15.4 Å². The molecule has 2 rings (SSSR count). The highest BCUT2D eigenvalue weighted by molar-refractivity contribution is 5.96. The molecule has 1 aliphatic carbocycles. The maximum Gasteiger partial charge on any atom is 0.161 e. The number of hydrogen-bond acceptors (Lipinski definition) is 3. The van der Waals surface area contributed by atoms with Crippen molar-refractivity contribution in [1.82, 2.24) is 10.4 Å². The van der Waals surface area contributed by atoms with Crippen LogP contribution < -0.4 is 11.3 Å². The molecule has 0 spiro atoms. The predicted octanol–water partition coefficient (Wildman–Crippen LogP) is 1.62. The van der Waals surface area contributed by atoms with Crippen molar-refractivity contribution >= 4 is 5.84 Å². The number of nitrogens with two attached hydrogens (primary N) is 1. The summed E-state index contributed by atoms with van der Waals surface area (Å²) in [6, 6.07) is 6.15. The van der Waals surface area contributed by atoms with Crippen LogP contribution in [0.4, 0.5) is 0 Å². The Bertz CT molecular complexity index is 341. The van der Waals surface area contributed by atoms with Gasteiger partial charge in [-0.15, -0.1) is 0 Å². The summed E-state index contributed by atoms with van der Waals surface area (Å²) in [6.45, 7) is 0. The minimum Gasteiger partial charge on any atom is -0.307 e. The van der Waals surface area contributed by atoms with E-state index in [0.717, 1.165) is 18.5 Å². The molecular weight excluding hydrogens is 200 g/mol. The first kappa shape index (κ1) is 11.1. The van der Waals surface area contributed by atoms with E-state index in [1.807, 2.05) is 18.2 Å². The van der Waals surface area contributed by atoms with E-state index >= 15 is 0 Å². The van der Waals surface area contributed by atoms with E-state index < -0.39 is 0 Å². The first-order chi connectivity index (χ1) is 7.90. The number of amidine groups is 1. The molecule has 0 aromatic carbocycles. The molecule has 4 heteroatoms. The monoisotopic (exact) mass is 218 g/mol. The van der Waals surface area contributed by atoms with Gasteiger partial charge in [0.25, 0.3) is 0 Å².